The summed E-state index contributed by atoms with van der Waals surface area (Å²) in [5, 5.41) is 2.75. The topological polar surface area (TPSA) is 97.3 Å². The Bertz CT molecular complexity index is 1520. The number of rotatable bonds is 6. The van der Waals surface area contributed by atoms with E-state index >= 15 is 0 Å². The van der Waals surface area contributed by atoms with Crippen LogP contribution in [0.1, 0.15) is 22.8 Å². The second kappa shape index (κ2) is 9.01. The molecular formula is C23H20ClN3O4S2. The first kappa shape index (κ1) is 23.0. The number of halogens is 1. The monoisotopic (exact) mass is 501 g/mol. The SMILES string of the molecule is CCn1c(=O)sc2cc(NC(=O)c3ccc(Cl)c(S(=O)(=O)Nc4ccc(C)cc4)c3)ccc21. The summed E-state index contributed by atoms with van der Waals surface area (Å²) in [6, 6.07) is 16.1. The van der Waals surface area contributed by atoms with Crippen LogP contribution in [0.5, 0.6) is 0 Å². The summed E-state index contributed by atoms with van der Waals surface area (Å²) in [6.45, 7) is 4.35. The number of carbonyl (C=O) groups excluding carboxylic acids is 1. The van der Waals surface area contributed by atoms with Crippen LogP contribution in [-0.4, -0.2) is 18.9 Å². The smallest absolute Gasteiger partial charge is 0.308 e. The first-order chi connectivity index (χ1) is 15.7. The fourth-order valence-corrected chi connectivity index (χ4v) is 5.91. The summed E-state index contributed by atoms with van der Waals surface area (Å²) in [7, 11) is -4.02. The number of thiazole rings is 1. The first-order valence-corrected chi connectivity index (χ1v) is 12.7. The van der Waals surface area contributed by atoms with Gasteiger partial charge in [-0.05, 0) is 62.4 Å². The number of nitrogens with zero attached hydrogens (tertiary/aromatic N) is 1. The van der Waals surface area contributed by atoms with Gasteiger partial charge >= 0.3 is 4.87 Å². The Kier molecular flexibility index (Phi) is 6.29. The normalized spacial score (nSPS) is 11.5. The van der Waals surface area contributed by atoms with Crippen molar-refractivity contribution in [1.29, 1.82) is 0 Å². The highest BCUT2D eigenvalue weighted by Crippen LogP contribution is 2.27. The van der Waals surface area contributed by atoms with Gasteiger partial charge in [-0.3, -0.25) is 18.9 Å². The lowest BCUT2D eigenvalue weighted by Crippen LogP contribution is -2.16. The van der Waals surface area contributed by atoms with E-state index in [4.69, 9.17) is 11.6 Å². The summed E-state index contributed by atoms with van der Waals surface area (Å²) in [6.07, 6.45) is 0. The molecular weight excluding hydrogens is 482 g/mol. The van der Waals surface area contributed by atoms with Gasteiger partial charge in [0.1, 0.15) is 4.90 Å². The lowest BCUT2D eigenvalue weighted by atomic mass is 10.2. The van der Waals surface area contributed by atoms with Gasteiger partial charge < -0.3 is 5.32 Å². The standard InChI is InChI=1S/C23H20ClN3O4S2/c1-3-27-19-11-9-17(13-20(19)32-23(27)29)25-22(28)15-6-10-18(24)21(12-15)33(30,31)26-16-7-4-14(2)5-8-16/h4-13,26H,3H2,1-2H3,(H,25,28). The number of hydrogen-bond donors (Lipinski definition) is 2. The number of fused-ring (bicyclic) bond motifs is 1. The largest absolute Gasteiger partial charge is 0.322 e. The summed E-state index contributed by atoms with van der Waals surface area (Å²) >= 11 is 7.25. The third kappa shape index (κ3) is 4.80. The third-order valence-electron chi connectivity index (χ3n) is 5.03. The first-order valence-electron chi connectivity index (χ1n) is 10.0. The predicted octanol–water partition coefficient (Wildman–Crippen LogP) is 5.10. The van der Waals surface area contributed by atoms with Crippen molar-refractivity contribution in [3.8, 4) is 0 Å². The van der Waals surface area contributed by atoms with Crippen molar-refractivity contribution in [3.05, 3.63) is 86.5 Å². The number of aryl methyl sites for hydroxylation is 2. The molecule has 3 aromatic carbocycles. The number of nitrogens with one attached hydrogen (secondary N) is 2. The van der Waals surface area contributed by atoms with Crippen molar-refractivity contribution in [2.24, 2.45) is 0 Å². The van der Waals surface area contributed by atoms with E-state index in [1.807, 2.05) is 13.8 Å². The maximum Gasteiger partial charge on any atom is 0.308 e. The predicted molar refractivity (Wildman–Crippen MR) is 133 cm³/mol. The van der Waals surface area contributed by atoms with Gasteiger partial charge in [-0.15, -0.1) is 0 Å². The van der Waals surface area contributed by atoms with Crippen LogP contribution in [0.3, 0.4) is 0 Å². The van der Waals surface area contributed by atoms with Crippen LogP contribution in [0.2, 0.25) is 5.02 Å². The molecule has 7 nitrogen and oxygen atoms in total. The molecule has 10 heteroatoms. The number of aromatic nitrogens is 1. The molecule has 4 aromatic rings. The molecule has 4 rings (SSSR count). The van der Waals surface area contributed by atoms with Crippen molar-refractivity contribution >= 4 is 60.5 Å². The van der Waals surface area contributed by atoms with Crippen LogP contribution in [0, 0.1) is 6.92 Å². The Morgan fingerprint density at radius 3 is 2.42 bits per heavy atom. The van der Waals surface area contributed by atoms with E-state index in [2.05, 4.69) is 10.0 Å². The molecule has 0 unspecified atom stereocenters. The maximum atomic E-state index is 12.9. The van der Waals surface area contributed by atoms with Gasteiger partial charge in [0.05, 0.1) is 15.2 Å². The summed E-state index contributed by atoms with van der Waals surface area (Å²) in [4.78, 5) is 24.6. The Balaban J connectivity index is 1.60. The quantitative estimate of drug-likeness (QED) is 0.384. The molecule has 2 N–H and O–H groups in total. The van der Waals surface area contributed by atoms with Crippen molar-refractivity contribution < 1.29 is 13.2 Å². The van der Waals surface area contributed by atoms with Gasteiger partial charge in [0.15, 0.2) is 0 Å². The fraction of sp³-hybridized carbons (Fsp3) is 0.130. The van der Waals surface area contributed by atoms with E-state index in [1.165, 1.54) is 18.2 Å². The Morgan fingerprint density at radius 2 is 1.73 bits per heavy atom. The second-order valence-electron chi connectivity index (χ2n) is 7.37. The molecule has 1 heterocycles. The minimum Gasteiger partial charge on any atom is -0.322 e. The molecule has 1 amide bonds. The molecule has 0 fully saturated rings. The van der Waals surface area contributed by atoms with E-state index in [0.29, 0.717) is 17.9 Å². The molecule has 0 saturated carbocycles. The number of hydrogen-bond acceptors (Lipinski definition) is 5. The van der Waals surface area contributed by atoms with E-state index in [-0.39, 0.29) is 20.4 Å². The fourth-order valence-electron chi connectivity index (χ4n) is 3.33. The molecule has 0 atom stereocenters. The van der Waals surface area contributed by atoms with Gasteiger partial charge in [-0.2, -0.15) is 0 Å². The zero-order chi connectivity index (χ0) is 23.8. The Morgan fingerprint density at radius 1 is 1.03 bits per heavy atom. The van der Waals surface area contributed by atoms with Crippen LogP contribution in [-0.2, 0) is 16.6 Å². The molecule has 0 radical (unpaired) electrons. The van der Waals surface area contributed by atoms with Crippen molar-refractivity contribution in [3.63, 3.8) is 0 Å². The second-order valence-corrected chi connectivity index (χ2v) is 10.4. The Labute approximate surface area is 199 Å². The minimum absolute atomic E-state index is 0.00161. The molecule has 0 aliphatic carbocycles. The highest BCUT2D eigenvalue weighted by molar-refractivity contribution is 7.92. The molecule has 0 bridgehead atoms. The molecule has 1 aromatic heterocycles. The van der Waals surface area contributed by atoms with Gasteiger partial charge in [-0.1, -0.05) is 40.6 Å². The molecule has 33 heavy (non-hydrogen) atoms. The van der Waals surface area contributed by atoms with Crippen molar-refractivity contribution in [1.82, 2.24) is 4.57 Å². The van der Waals surface area contributed by atoms with Gasteiger partial charge in [-0.25, -0.2) is 8.42 Å². The van der Waals surface area contributed by atoms with Crippen LogP contribution >= 0.6 is 22.9 Å². The summed E-state index contributed by atoms with van der Waals surface area (Å²) < 4.78 is 30.7. The number of benzene rings is 3. The third-order valence-corrected chi connectivity index (χ3v) is 7.83. The molecule has 0 aliphatic heterocycles. The van der Waals surface area contributed by atoms with Gasteiger partial charge in [0.2, 0.25) is 0 Å². The number of carbonyl (C=O) groups is 1. The van der Waals surface area contributed by atoms with E-state index in [1.54, 1.807) is 47.0 Å². The van der Waals surface area contributed by atoms with E-state index in [0.717, 1.165) is 27.1 Å². The zero-order valence-corrected chi connectivity index (χ0v) is 20.1. The Hall–Kier alpha value is -3.14. The number of anilines is 2. The van der Waals surface area contributed by atoms with Crippen molar-refractivity contribution in [2.75, 3.05) is 10.0 Å². The van der Waals surface area contributed by atoms with Crippen LogP contribution in [0.25, 0.3) is 10.2 Å². The zero-order valence-electron chi connectivity index (χ0n) is 17.8. The van der Waals surface area contributed by atoms with E-state index in [9.17, 15) is 18.0 Å². The summed E-state index contributed by atoms with van der Waals surface area (Å²) in [5.41, 5.74) is 2.80. The molecule has 0 spiro atoms. The van der Waals surface area contributed by atoms with Crippen molar-refractivity contribution in [2.45, 2.75) is 25.3 Å². The van der Waals surface area contributed by atoms with Crippen LogP contribution in [0.4, 0.5) is 11.4 Å². The van der Waals surface area contributed by atoms with E-state index < -0.39 is 15.9 Å². The average Bonchev–Trinajstić information content (AvgIpc) is 3.09. The van der Waals surface area contributed by atoms with Crippen LogP contribution in [0.15, 0.2) is 70.4 Å². The number of amides is 1. The molecule has 170 valence electrons. The highest BCUT2D eigenvalue weighted by Gasteiger charge is 2.21. The maximum absolute atomic E-state index is 12.9. The van der Waals surface area contributed by atoms with Crippen LogP contribution < -0.4 is 14.9 Å². The summed E-state index contributed by atoms with van der Waals surface area (Å²) in [5.74, 6) is -0.500. The average molecular weight is 502 g/mol. The van der Waals surface area contributed by atoms with Gasteiger partial charge in [0, 0.05) is 23.5 Å². The highest BCUT2D eigenvalue weighted by atomic mass is 35.5. The molecule has 0 aliphatic rings. The van der Waals surface area contributed by atoms with Gasteiger partial charge in [0.25, 0.3) is 15.9 Å². The minimum atomic E-state index is -4.02. The number of sulfonamides is 1. The lowest BCUT2D eigenvalue weighted by molar-refractivity contribution is 0.102. The molecule has 0 saturated heterocycles. The lowest BCUT2D eigenvalue weighted by Gasteiger charge is -2.12.